The maximum atomic E-state index is 15.1. The average Bonchev–Trinajstić information content (AvgIpc) is 2.92. The summed E-state index contributed by atoms with van der Waals surface area (Å²) >= 11 is 0. The Morgan fingerprint density at radius 2 is 1.68 bits per heavy atom. The highest BCUT2D eigenvalue weighted by Gasteiger charge is 2.25. The lowest BCUT2D eigenvalue weighted by Gasteiger charge is -2.29. The predicted octanol–water partition coefficient (Wildman–Crippen LogP) is 9.44. The first-order chi connectivity index (χ1) is 18.0. The Kier molecular flexibility index (Phi) is 9.45. The van der Waals surface area contributed by atoms with Crippen LogP contribution in [0, 0.1) is 23.4 Å². The second kappa shape index (κ2) is 13.0. The van der Waals surface area contributed by atoms with Gasteiger partial charge >= 0.3 is 0 Å². The van der Waals surface area contributed by atoms with Crippen molar-refractivity contribution in [3.05, 3.63) is 89.8 Å². The molecule has 4 rings (SSSR count). The quantitative estimate of drug-likeness (QED) is 0.201. The van der Waals surface area contributed by atoms with Crippen molar-refractivity contribution in [2.75, 3.05) is 13.2 Å². The lowest BCUT2D eigenvalue weighted by molar-refractivity contribution is -0.0207. The molecule has 0 bridgehead atoms. The topological polar surface area (TPSA) is 18.5 Å². The van der Waals surface area contributed by atoms with E-state index in [1.54, 1.807) is 30.3 Å². The van der Waals surface area contributed by atoms with Crippen LogP contribution in [0.25, 0.3) is 22.3 Å². The van der Waals surface area contributed by atoms with Crippen molar-refractivity contribution in [1.29, 1.82) is 0 Å². The fourth-order valence-electron chi connectivity index (χ4n) is 4.78. The third kappa shape index (κ3) is 6.64. The van der Waals surface area contributed by atoms with E-state index >= 15 is 4.39 Å². The molecule has 196 valence electrons. The molecular formula is C32H35F3O2. The molecule has 0 N–H and O–H groups in total. The molecule has 1 fully saturated rings. The van der Waals surface area contributed by atoms with Gasteiger partial charge in [0, 0.05) is 11.1 Å². The molecule has 5 heteroatoms. The number of hydrogen-bond acceptors (Lipinski definition) is 2. The highest BCUT2D eigenvalue weighted by Crippen LogP contribution is 2.36. The van der Waals surface area contributed by atoms with Crippen molar-refractivity contribution in [2.45, 2.75) is 58.5 Å². The van der Waals surface area contributed by atoms with Crippen LogP contribution in [0.4, 0.5) is 13.2 Å². The van der Waals surface area contributed by atoms with Gasteiger partial charge in [-0.05, 0) is 79.8 Å². The standard InChI is InChI=1S/C32H35F3O2/c1-3-5-7-8-22-9-17-29(37-21-22)27-15-14-25(20-28(27)33)23-10-12-24(13-11-23)26-16-18-30(32(35)31(26)34)36-19-6-4-2/h3,5,10-16,18,20,22,29H,4,6-9,17,19,21H2,1-2H3/b5-3+. The van der Waals surface area contributed by atoms with E-state index in [0.717, 1.165) is 49.7 Å². The Morgan fingerprint density at radius 1 is 0.919 bits per heavy atom. The van der Waals surface area contributed by atoms with Gasteiger partial charge in [0.1, 0.15) is 5.82 Å². The van der Waals surface area contributed by atoms with Crippen LogP contribution >= 0.6 is 0 Å². The van der Waals surface area contributed by atoms with Gasteiger partial charge in [-0.15, -0.1) is 0 Å². The minimum Gasteiger partial charge on any atom is -0.490 e. The fourth-order valence-corrected chi connectivity index (χ4v) is 4.78. The molecule has 1 aliphatic heterocycles. The molecule has 37 heavy (non-hydrogen) atoms. The molecule has 2 nitrogen and oxygen atoms in total. The molecule has 2 unspecified atom stereocenters. The zero-order valence-corrected chi connectivity index (χ0v) is 21.6. The minimum absolute atomic E-state index is 0.0759. The minimum atomic E-state index is -0.982. The summed E-state index contributed by atoms with van der Waals surface area (Å²) in [6, 6.07) is 15.2. The van der Waals surface area contributed by atoms with Crippen molar-refractivity contribution in [3.63, 3.8) is 0 Å². The Balaban J connectivity index is 1.43. The van der Waals surface area contributed by atoms with Crippen molar-refractivity contribution < 1.29 is 22.6 Å². The Bertz CT molecular complexity index is 1200. The van der Waals surface area contributed by atoms with Crippen LogP contribution in [0.15, 0.2) is 66.7 Å². The van der Waals surface area contributed by atoms with Crippen LogP contribution in [0.2, 0.25) is 0 Å². The van der Waals surface area contributed by atoms with Crippen LogP contribution in [0.1, 0.15) is 64.0 Å². The van der Waals surface area contributed by atoms with Gasteiger partial charge in [0.05, 0.1) is 19.3 Å². The highest BCUT2D eigenvalue weighted by atomic mass is 19.2. The van der Waals surface area contributed by atoms with E-state index in [9.17, 15) is 8.78 Å². The normalized spacial score (nSPS) is 17.9. The molecule has 2 atom stereocenters. The van der Waals surface area contributed by atoms with Crippen molar-refractivity contribution in [2.24, 2.45) is 5.92 Å². The molecule has 0 spiro atoms. The second-order valence-corrected chi connectivity index (χ2v) is 9.67. The summed E-state index contributed by atoms with van der Waals surface area (Å²) in [4.78, 5) is 0. The van der Waals surface area contributed by atoms with Gasteiger partial charge in [0.2, 0.25) is 5.82 Å². The van der Waals surface area contributed by atoms with Gasteiger partial charge < -0.3 is 9.47 Å². The molecule has 3 aromatic rings. The van der Waals surface area contributed by atoms with E-state index in [4.69, 9.17) is 9.47 Å². The lowest BCUT2D eigenvalue weighted by Crippen LogP contribution is -2.21. The maximum absolute atomic E-state index is 15.1. The van der Waals surface area contributed by atoms with Crippen LogP contribution in [0.5, 0.6) is 5.75 Å². The van der Waals surface area contributed by atoms with E-state index in [-0.39, 0.29) is 23.2 Å². The number of benzene rings is 3. The Hall–Kier alpha value is -3.05. The van der Waals surface area contributed by atoms with Crippen molar-refractivity contribution in [1.82, 2.24) is 0 Å². The molecule has 0 radical (unpaired) electrons. The number of halogens is 3. The van der Waals surface area contributed by atoms with Gasteiger partial charge in [0.15, 0.2) is 11.6 Å². The molecule has 1 saturated heterocycles. The van der Waals surface area contributed by atoms with Gasteiger partial charge in [-0.3, -0.25) is 0 Å². The molecule has 1 aliphatic rings. The molecule has 0 saturated carbocycles. The van der Waals surface area contributed by atoms with Crippen LogP contribution in [0.3, 0.4) is 0 Å². The largest absolute Gasteiger partial charge is 0.490 e. The maximum Gasteiger partial charge on any atom is 0.201 e. The van der Waals surface area contributed by atoms with Gasteiger partial charge in [-0.2, -0.15) is 4.39 Å². The number of allylic oxidation sites excluding steroid dienone is 2. The van der Waals surface area contributed by atoms with Crippen molar-refractivity contribution >= 4 is 0 Å². The summed E-state index contributed by atoms with van der Waals surface area (Å²) in [6.07, 6.45) is 9.71. The van der Waals surface area contributed by atoms with E-state index < -0.39 is 11.6 Å². The first kappa shape index (κ1) is 27.0. The second-order valence-electron chi connectivity index (χ2n) is 9.67. The third-order valence-corrected chi connectivity index (χ3v) is 7.03. The summed E-state index contributed by atoms with van der Waals surface area (Å²) < 4.78 is 55.7. The molecule has 0 aromatic heterocycles. The number of ether oxygens (including phenoxy) is 2. The summed E-state index contributed by atoms with van der Waals surface area (Å²) in [5.41, 5.74) is 2.80. The molecule has 0 aliphatic carbocycles. The first-order valence-electron chi connectivity index (χ1n) is 13.3. The summed E-state index contributed by atoms with van der Waals surface area (Å²) in [7, 11) is 0. The van der Waals surface area contributed by atoms with E-state index in [1.807, 2.05) is 19.9 Å². The first-order valence-corrected chi connectivity index (χ1v) is 13.3. The van der Waals surface area contributed by atoms with E-state index in [1.165, 1.54) is 18.2 Å². The molecular weight excluding hydrogens is 473 g/mol. The summed E-state index contributed by atoms with van der Waals surface area (Å²) in [5, 5.41) is 0. The monoisotopic (exact) mass is 508 g/mol. The highest BCUT2D eigenvalue weighted by molar-refractivity contribution is 5.71. The Morgan fingerprint density at radius 3 is 2.35 bits per heavy atom. The zero-order valence-electron chi connectivity index (χ0n) is 21.6. The van der Waals surface area contributed by atoms with E-state index in [0.29, 0.717) is 30.3 Å². The summed E-state index contributed by atoms with van der Waals surface area (Å²) in [5.74, 6) is -1.76. The van der Waals surface area contributed by atoms with Crippen LogP contribution < -0.4 is 4.74 Å². The number of hydrogen-bond donors (Lipinski definition) is 0. The van der Waals surface area contributed by atoms with E-state index in [2.05, 4.69) is 12.2 Å². The van der Waals surface area contributed by atoms with Gasteiger partial charge in [0.25, 0.3) is 0 Å². The number of rotatable bonds is 10. The Labute approximate surface area is 218 Å². The van der Waals surface area contributed by atoms with Crippen molar-refractivity contribution in [3.8, 4) is 28.0 Å². The van der Waals surface area contributed by atoms with Gasteiger partial charge in [-0.25, -0.2) is 8.78 Å². The predicted molar refractivity (Wildman–Crippen MR) is 143 cm³/mol. The van der Waals surface area contributed by atoms with Crippen LogP contribution in [-0.4, -0.2) is 13.2 Å². The smallest absolute Gasteiger partial charge is 0.201 e. The number of unbranched alkanes of at least 4 members (excludes halogenated alkanes) is 1. The molecule has 0 amide bonds. The SMILES string of the molecule is C/C=C/CCC1CCC(c2ccc(-c3ccc(-c4ccc(OCCCC)c(F)c4F)cc3)cc2F)OC1. The molecule has 1 heterocycles. The third-order valence-electron chi connectivity index (χ3n) is 7.03. The lowest BCUT2D eigenvalue weighted by atomic mass is 9.90. The summed E-state index contributed by atoms with van der Waals surface area (Å²) in [6.45, 7) is 5.04. The average molecular weight is 509 g/mol. The van der Waals surface area contributed by atoms with Crippen LogP contribution in [-0.2, 0) is 4.74 Å². The molecule has 3 aromatic carbocycles. The van der Waals surface area contributed by atoms with Gasteiger partial charge in [-0.1, -0.05) is 61.9 Å². The zero-order chi connectivity index (χ0) is 26.2. The fraction of sp³-hybridized carbons (Fsp3) is 0.375.